The number of carbonyl (C=O) groups excluding carboxylic acids is 3. The molecule has 0 fully saturated rings. The third kappa shape index (κ3) is 4.91. The lowest BCUT2D eigenvalue weighted by Gasteiger charge is -2.19. The summed E-state index contributed by atoms with van der Waals surface area (Å²) in [5, 5.41) is -0.482. The highest BCUT2D eigenvalue weighted by atomic mass is 19.1. The van der Waals surface area contributed by atoms with Gasteiger partial charge in [0.15, 0.2) is 11.7 Å². The second-order valence-electron chi connectivity index (χ2n) is 7.22. The van der Waals surface area contributed by atoms with Crippen molar-refractivity contribution in [2.45, 2.75) is 26.7 Å². The lowest BCUT2D eigenvalue weighted by atomic mass is 9.95. The van der Waals surface area contributed by atoms with Crippen molar-refractivity contribution >= 4 is 28.8 Å². The number of carbonyl (C=O) groups is 3. The summed E-state index contributed by atoms with van der Waals surface area (Å²) >= 11 is 0. The molecule has 0 bridgehead atoms. The van der Waals surface area contributed by atoms with E-state index >= 15 is 8.78 Å². The van der Waals surface area contributed by atoms with Gasteiger partial charge in [-0.1, -0.05) is 18.2 Å². The molecule has 3 aromatic rings. The number of ether oxygens (including phenoxy) is 3. The fraction of sp³-hybridized carbons (Fsp3) is 0.280. The van der Waals surface area contributed by atoms with Crippen LogP contribution in [-0.4, -0.2) is 42.3 Å². The van der Waals surface area contributed by atoms with Crippen molar-refractivity contribution in [3.63, 3.8) is 0 Å². The summed E-state index contributed by atoms with van der Waals surface area (Å²) in [6.07, 6.45) is 1.08. The molecule has 0 aliphatic rings. The molecule has 10 heteroatoms. The number of hydrogen-bond acceptors (Lipinski definition) is 7. The Bertz CT molecular complexity index is 1320. The first kappa shape index (κ1) is 25.5. The average molecular weight is 487 g/mol. The highest BCUT2D eigenvalue weighted by Crippen LogP contribution is 2.32. The Morgan fingerprint density at radius 3 is 2.03 bits per heavy atom. The minimum absolute atomic E-state index is 0.0237. The number of esters is 3. The van der Waals surface area contributed by atoms with E-state index in [0.717, 1.165) is 10.8 Å². The first-order chi connectivity index (χ1) is 16.8. The molecule has 0 spiro atoms. The number of benzene rings is 2. The molecular weight excluding hydrogens is 464 g/mol. The highest BCUT2D eigenvalue weighted by Gasteiger charge is 2.38. The van der Waals surface area contributed by atoms with Gasteiger partial charge >= 0.3 is 17.9 Å². The topological polar surface area (TPSA) is 101 Å². The van der Waals surface area contributed by atoms with E-state index in [1.54, 1.807) is 37.3 Å². The summed E-state index contributed by atoms with van der Waals surface area (Å²) in [4.78, 5) is 50.6. The SMILES string of the molecule is CCOC(=O)c1cn(-c2ccccc2)c2c(F)c(C(C(=O)OCC)C(=O)OCC)c(F)cc2c1=O. The lowest BCUT2D eigenvalue weighted by molar-refractivity contribution is -0.157. The van der Waals surface area contributed by atoms with E-state index in [2.05, 4.69) is 0 Å². The number of nitrogens with zero attached hydrogens (tertiary/aromatic N) is 1. The molecule has 0 atom stereocenters. The van der Waals surface area contributed by atoms with Gasteiger partial charge in [-0.15, -0.1) is 0 Å². The predicted molar refractivity (Wildman–Crippen MR) is 121 cm³/mol. The van der Waals surface area contributed by atoms with Gasteiger partial charge in [0, 0.05) is 11.9 Å². The average Bonchev–Trinajstić information content (AvgIpc) is 2.83. The van der Waals surface area contributed by atoms with E-state index in [1.165, 1.54) is 13.8 Å². The van der Waals surface area contributed by atoms with Crippen LogP contribution in [0.3, 0.4) is 0 Å². The first-order valence-corrected chi connectivity index (χ1v) is 10.9. The van der Waals surface area contributed by atoms with Gasteiger partial charge in [-0.05, 0) is 39.0 Å². The van der Waals surface area contributed by atoms with E-state index in [-0.39, 0.29) is 19.8 Å². The highest BCUT2D eigenvalue weighted by molar-refractivity contribution is 6.02. The van der Waals surface area contributed by atoms with Crippen LogP contribution in [0.15, 0.2) is 47.4 Å². The van der Waals surface area contributed by atoms with Crippen molar-refractivity contribution in [2.75, 3.05) is 19.8 Å². The summed E-state index contributed by atoms with van der Waals surface area (Å²) in [5.41, 5.74) is -2.46. The van der Waals surface area contributed by atoms with Crippen molar-refractivity contribution in [1.29, 1.82) is 0 Å². The molecule has 1 heterocycles. The zero-order valence-corrected chi connectivity index (χ0v) is 19.3. The fourth-order valence-corrected chi connectivity index (χ4v) is 3.62. The van der Waals surface area contributed by atoms with Gasteiger partial charge in [-0.25, -0.2) is 13.6 Å². The van der Waals surface area contributed by atoms with Gasteiger partial charge in [0.05, 0.1) is 36.3 Å². The monoisotopic (exact) mass is 487 g/mol. The number of halogens is 2. The van der Waals surface area contributed by atoms with E-state index < -0.39 is 62.9 Å². The van der Waals surface area contributed by atoms with Gasteiger partial charge in [0.2, 0.25) is 5.43 Å². The molecule has 0 saturated heterocycles. The number of hydrogen-bond donors (Lipinski definition) is 0. The number of pyridine rings is 1. The van der Waals surface area contributed by atoms with Crippen LogP contribution >= 0.6 is 0 Å². The summed E-state index contributed by atoms with van der Waals surface area (Å²) < 4.78 is 47.2. The molecule has 0 radical (unpaired) electrons. The van der Waals surface area contributed by atoms with E-state index in [9.17, 15) is 19.2 Å². The minimum Gasteiger partial charge on any atom is -0.465 e. The normalized spacial score (nSPS) is 10.9. The Labute approximate surface area is 199 Å². The fourth-order valence-electron chi connectivity index (χ4n) is 3.62. The van der Waals surface area contributed by atoms with E-state index in [1.807, 2.05) is 0 Å². The Hall–Kier alpha value is -4.08. The van der Waals surface area contributed by atoms with Gasteiger partial charge in [-0.3, -0.25) is 14.4 Å². The molecule has 35 heavy (non-hydrogen) atoms. The molecule has 0 N–H and O–H groups in total. The Kier molecular flexibility index (Phi) is 7.95. The van der Waals surface area contributed by atoms with Crippen LogP contribution in [0.4, 0.5) is 8.78 Å². The van der Waals surface area contributed by atoms with Crippen molar-refractivity contribution in [3.8, 4) is 5.69 Å². The largest absolute Gasteiger partial charge is 0.465 e. The maximum absolute atomic E-state index is 16.1. The molecule has 184 valence electrons. The molecule has 0 aliphatic carbocycles. The number of rotatable bonds is 8. The van der Waals surface area contributed by atoms with Crippen molar-refractivity contribution in [3.05, 3.63) is 75.6 Å². The summed E-state index contributed by atoms with van der Waals surface area (Å²) in [6, 6.07) is 8.77. The number of aromatic nitrogens is 1. The van der Waals surface area contributed by atoms with Crippen LogP contribution in [0.1, 0.15) is 42.6 Å². The van der Waals surface area contributed by atoms with Crippen LogP contribution in [0.25, 0.3) is 16.6 Å². The van der Waals surface area contributed by atoms with Gasteiger partial charge in [-0.2, -0.15) is 0 Å². The van der Waals surface area contributed by atoms with Crippen molar-refractivity contribution in [2.24, 2.45) is 0 Å². The summed E-state index contributed by atoms with van der Waals surface area (Å²) in [5.74, 6) is -8.14. The van der Waals surface area contributed by atoms with Crippen molar-refractivity contribution < 1.29 is 37.4 Å². The van der Waals surface area contributed by atoms with Gasteiger partial charge < -0.3 is 18.8 Å². The van der Waals surface area contributed by atoms with Crippen LogP contribution in [0, 0.1) is 11.6 Å². The zero-order valence-electron chi connectivity index (χ0n) is 19.3. The van der Waals surface area contributed by atoms with Crippen LogP contribution in [-0.2, 0) is 23.8 Å². The summed E-state index contributed by atoms with van der Waals surface area (Å²) in [7, 11) is 0. The second-order valence-corrected chi connectivity index (χ2v) is 7.22. The number of para-hydroxylation sites is 1. The quantitative estimate of drug-likeness (QED) is 0.272. The first-order valence-electron chi connectivity index (χ1n) is 10.9. The third-order valence-electron chi connectivity index (χ3n) is 5.08. The Balaban J connectivity index is 2.44. The smallest absolute Gasteiger partial charge is 0.343 e. The zero-order chi connectivity index (χ0) is 25.7. The minimum atomic E-state index is -2.07. The van der Waals surface area contributed by atoms with E-state index in [4.69, 9.17) is 14.2 Å². The summed E-state index contributed by atoms with van der Waals surface area (Å²) in [6.45, 7) is 4.16. The van der Waals surface area contributed by atoms with Crippen LogP contribution in [0.5, 0.6) is 0 Å². The van der Waals surface area contributed by atoms with Gasteiger partial charge in [0.1, 0.15) is 11.4 Å². The molecule has 0 aliphatic heterocycles. The number of fused-ring (bicyclic) bond motifs is 1. The molecular formula is C25H23F2NO7. The van der Waals surface area contributed by atoms with E-state index in [0.29, 0.717) is 11.8 Å². The molecule has 0 amide bonds. The second kappa shape index (κ2) is 10.9. The Morgan fingerprint density at radius 1 is 0.914 bits per heavy atom. The molecule has 2 aromatic carbocycles. The van der Waals surface area contributed by atoms with Crippen LogP contribution in [0.2, 0.25) is 0 Å². The van der Waals surface area contributed by atoms with Crippen LogP contribution < -0.4 is 5.43 Å². The van der Waals surface area contributed by atoms with Gasteiger partial charge in [0.25, 0.3) is 0 Å². The van der Waals surface area contributed by atoms with Crippen molar-refractivity contribution in [1.82, 2.24) is 4.57 Å². The lowest BCUT2D eigenvalue weighted by Crippen LogP contribution is -2.29. The molecule has 0 unspecified atom stereocenters. The molecule has 0 saturated carbocycles. The third-order valence-corrected chi connectivity index (χ3v) is 5.08. The standard InChI is InChI=1S/C25H23F2NO7/c1-4-33-23(30)16-13-28(14-10-8-7-9-11-14)21-15(22(16)29)12-17(26)18(20(21)27)19(24(31)34-5-2)25(32)35-6-3/h7-13,19H,4-6H2,1-3H3. The predicted octanol–water partition coefficient (Wildman–Crippen LogP) is 3.66. The molecule has 3 rings (SSSR count). The molecule has 1 aromatic heterocycles. The Morgan fingerprint density at radius 2 is 1.49 bits per heavy atom. The maximum Gasteiger partial charge on any atom is 0.343 e. The maximum atomic E-state index is 16.1. The molecule has 8 nitrogen and oxygen atoms in total.